The minimum atomic E-state index is 0.384. The Labute approximate surface area is 95.0 Å². The highest BCUT2D eigenvalue weighted by molar-refractivity contribution is 4.79. The first-order chi connectivity index (χ1) is 6.99. The summed E-state index contributed by atoms with van der Waals surface area (Å²) in [7, 11) is 0. The third-order valence-electron chi connectivity index (χ3n) is 3.28. The maximum Gasteiger partial charge on any atom is 0.00792 e. The van der Waals surface area contributed by atoms with Crippen molar-refractivity contribution in [1.82, 2.24) is 5.32 Å². The van der Waals surface area contributed by atoms with Crippen LogP contribution in [0.15, 0.2) is 0 Å². The van der Waals surface area contributed by atoms with Crippen molar-refractivity contribution in [3.05, 3.63) is 0 Å². The topological polar surface area (TPSA) is 38.0 Å². The third kappa shape index (κ3) is 5.53. The van der Waals surface area contributed by atoms with Gasteiger partial charge < -0.3 is 11.1 Å². The molecule has 1 aliphatic carbocycles. The summed E-state index contributed by atoms with van der Waals surface area (Å²) < 4.78 is 0. The van der Waals surface area contributed by atoms with Crippen molar-refractivity contribution in [2.75, 3.05) is 13.1 Å². The zero-order valence-electron chi connectivity index (χ0n) is 10.7. The smallest absolute Gasteiger partial charge is 0.00792 e. The summed E-state index contributed by atoms with van der Waals surface area (Å²) in [4.78, 5) is 0. The van der Waals surface area contributed by atoms with Crippen LogP contribution < -0.4 is 11.1 Å². The summed E-state index contributed by atoms with van der Waals surface area (Å²) >= 11 is 0. The van der Waals surface area contributed by atoms with Gasteiger partial charge in [-0.2, -0.15) is 0 Å². The largest absolute Gasteiger partial charge is 0.327 e. The second-order valence-electron chi connectivity index (χ2n) is 6.25. The van der Waals surface area contributed by atoms with Gasteiger partial charge in [-0.05, 0) is 30.7 Å². The summed E-state index contributed by atoms with van der Waals surface area (Å²) in [6.45, 7) is 9.02. The van der Waals surface area contributed by atoms with Crippen LogP contribution in [-0.4, -0.2) is 19.1 Å². The Morgan fingerprint density at radius 2 is 1.80 bits per heavy atom. The Balaban J connectivity index is 2.23. The molecule has 15 heavy (non-hydrogen) atoms. The van der Waals surface area contributed by atoms with E-state index in [0.717, 1.165) is 13.1 Å². The van der Waals surface area contributed by atoms with E-state index in [4.69, 9.17) is 5.73 Å². The Kier molecular flexibility index (Phi) is 5.07. The summed E-state index contributed by atoms with van der Waals surface area (Å²) in [5, 5.41) is 3.57. The predicted molar refractivity (Wildman–Crippen MR) is 66.9 cm³/mol. The molecule has 1 rings (SSSR count). The molecule has 0 heterocycles. The molecule has 2 atom stereocenters. The molecule has 2 nitrogen and oxygen atoms in total. The first-order valence-corrected chi connectivity index (χ1v) is 6.45. The van der Waals surface area contributed by atoms with Crippen molar-refractivity contribution < 1.29 is 0 Å². The number of nitrogens with one attached hydrogen (secondary N) is 1. The van der Waals surface area contributed by atoms with Gasteiger partial charge in [0.15, 0.2) is 0 Å². The van der Waals surface area contributed by atoms with Gasteiger partial charge in [-0.3, -0.25) is 0 Å². The lowest BCUT2D eigenvalue weighted by Crippen LogP contribution is -2.38. The van der Waals surface area contributed by atoms with E-state index in [9.17, 15) is 0 Å². The second-order valence-corrected chi connectivity index (χ2v) is 6.25. The number of nitrogens with two attached hydrogens (primary N) is 1. The molecule has 0 radical (unpaired) electrons. The van der Waals surface area contributed by atoms with Crippen molar-refractivity contribution >= 4 is 0 Å². The fraction of sp³-hybridized carbons (Fsp3) is 1.00. The molecule has 0 aromatic carbocycles. The molecule has 2 unspecified atom stereocenters. The molecule has 0 saturated heterocycles. The van der Waals surface area contributed by atoms with Gasteiger partial charge in [0.25, 0.3) is 0 Å². The van der Waals surface area contributed by atoms with Gasteiger partial charge >= 0.3 is 0 Å². The summed E-state index contributed by atoms with van der Waals surface area (Å²) in [5.41, 5.74) is 6.57. The van der Waals surface area contributed by atoms with Gasteiger partial charge in [-0.15, -0.1) is 0 Å². The summed E-state index contributed by atoms with van der Waals surface area (Å²) in [5.74, 6) is 0.704. The summed E-state index contributed by atoms with van der Waals surface area (Å²) in [6.07, 6.45) is 6.62. The molecule has 0 aromatic rings. The van der Waals surface area contributed by atoms with Crippen molar-refractivity contribution in [3.8, 4) is 0 Å². The van der Waals surface area contributed by atoms with Gasteiger partial charge in [0.1, 0.15) is 0 Å². The quantitative estimate of drug-likeness (QED) is 0.706. The fourth-order valence-electron chi connectivity index (χ4n) is 2.30. The van der Waals surface area contributed by atoms with Crippen molar-refractivity contribution in [3.63, 3.8) is 0 Å². The highest BCUT2D eigenvalue weighted by Gasteiger charge is 2.20. The van der Waals surface area contributed by atoms with Crippen LogP contribution in [0.5, 0.6) is 0 Å². The number of hydrogen-bond donors (Lipinski definition) is 2. The molecule has 0 aromatic heterocycles. The summed E-state index contributed by atoms with van der Waals surface area (Å²) in [6, 6.07) is 0.431. The first kappa shape index (κ1) is 13.0. The van der Waals surface area contributed by atoms with Gasteiger partial charge in [-0.1, -0.05) is 40.0 Å². The molecule has 1 aliphatic rings. The normalized spacial score (nSPS) is 28.8. The Morgan fingerprint density at radius 3 is 2.47 bits per heavy atom. The zero-order chi connectivity index (χ0) is 11.3. The van der Waals surface area contributed by atoms with Gasteiger partial charge in [0, 0.05) is 12.6 Å². The maximum absolute atomic E-state index is 6.19. The average molecular weight is 212 g/mol. The highest BCUT2D eigenvalue weighted by atomic mass is 14.9. The zero-order valence-corrected chi connectivity index (χ0v) is 10.7. The lowest BCUT2D eigenvalue weighted by Gasteiger charge is -2.25. The number of rotatable bonds is 3. The molecule has 3 N–H and O–H groups in total. The van der Waals surface area contributed by atoms with Gasteiger partial charge in [0.05, 0.1) is 0 Å². The van der Waals surface area contributed by atoms with Crippen molar-refractivity contribution in [1.29, 1.82) is 0 Å². The van der Waals surface area contributed by atoms with E-state index in [2.05, 4.69) is 26.1 Å². The van der Waals surface area contributed by atoms with E-state index in [1.165, 1.54) is 32.1 Å². The average Bonchev–Trinajstić information content (AvgIpc) is 2.30. The first-order valence-electron chi connectivity index (χ1n) is 6.45. The molecule has 0 amide bonds. The van der Waals surface area contributed by atoms with Crippen LogP contribution >= 0.6 is 0 Å². The van der Waals surface area contributed by atoms with E-state index in [1.807, 2.05) is 0 Å². The van der Waals surface area contributed by atoms with E-state index >= 15 is 0 Å². The van der Waals surface area contributed by atoms with Crippen LogP contribution in [0.1, 0.15) is 52.9 Å². The Hall–Kier alpha value is -0.0800. The molecule has 1 saturated carbocycles. The van der Waals surface area contributed by atoms with E-state index in [0.29, 0.717) is 17.4 Å². The van der Waals surface area contributed by atoms with E-state index in [-0.39, 0.29) is 0 Å². The molecule has 0 aliphatic heterocycles. The van der Waals surface area contributed by atoms with Gasteiger partial charge in [0.2, 0.25) is 0 Å². The minimum Gasteiger partial charge on any atom is -0.327 e. The van der Waals surface area contributed by atoms with E-state index < -0.39 is 0 Å². The molecular weight excluding hydrogens is 184 g/mol. The van der Waals surface area contributed by atoms with Crippen LogP contribution in [0, 0.1) is 11.3 Å². The molecule has 90 valence electrons. The SMILES string of the molecule is CC(C)(C)CNCC1CCCCCC1N. The van der Waals surface area contributed by atoms with Crippen molar-refractivity contribution in [2.45, 2.75) is 58.9 Å². The molecular formula is C13H28N2. The fourth-order valence-corrected chi connectivity index (χ4v) is 2.30. The third-order valence-corrected chi connectivity index (χ3v) is 3.28. The Bertz CT molecular complexity index is 172. The lowest BCUT2D eigenvalue weighted by molar-refractivity contribution is 0.326. The van der Waals surface area contributed by atoms with Crippen molar-refractivity contribution in [2.24, 2.45) is 17.1 Å². The van der Waals surface area contributed by atoms with Crippen LogP contribution in [-0.2, 0) is 0 Å². The minimum absolute atomic E-state index is 0.384. The molecule has 1 fully saturated rings. The van der Waals surface area contributed by atoms with Gasteiger partial charge in [-0.25, -0.2) is 0 Å². The van der Waals surface area contributed by atoms with E-state index in [1.54, 1.807) is 0 Å². The molecule has 0 bridgehead atoms. The number of hydrogen-bond acceptors (Lipinski definition) is 2. The Morgan fingerprint density at radius 1 is 1.13 bits per heavy atom. The lowest BCUT2D eigenvalue weighted by atomic mass is 9.93. The van der Waals surface area contributed by atoms with Crippen LogP contribution in [0.25, 0.3) is 0 Å². The molecule has 0 spiro atoms. The van der Waals surface area contributed by atoms with Crippen LogP contribution in [0.2, 0.25) is 0 Å². The monoisotopic (exact) mass is 212 g/mol. The predicted octanol–water partition coefficient (Wildman–Crippen LogP) is 2.53. The second kappa shape index (κ2) is 5.86. The standard InChI is InChI=1S/C13H28N2/c1-13(2,3)10-15-9-11-7-5-4-6-8-12(11)14/h11-12,15H,4-10,14H2,1-3H3. The van der Waals surface area contributed by atoms with Crippen LogP contribution in [0.4, 0.5) is 0 Å². The molecule has 2 heteroatoms. The highest BCUT2D eigenvalue weighted by Crippen LogP contribution is 2.21. The maximum atomic E-state index is 6.19. The van der Waals surface area contributed by atoms with Crippen LogP contribution in [0.3, 0.4) is 0 Å².